The number of fused-ring (bicyclic) bond motifs is 4. The molecule has 2 aliphatic heterocycles. The molecule has 10 nitrogen and oxygen atoms in total. The smallest absolute Gasteiger partial charge is 0.305 e. The summed E-state index contributed by atoms with van der Waals surface area (Å²) in [7, 11) is 0. The molecular formula is C42H35ClN2O8. The highest BCUT2D eigenvalue weighted by Gasteiger charge is 2.70. The van der Waals surface area contributed by atoms with Gasteiger partial charge in [0.15, 0.2) is 0 Å². The minimum absolute atomic E-state index is 0.0743. The number of aliphatic carboxylic acids is 1. The Kier molecular flexibility index (Phi) is 8.65. The predicted molar refractivity (Wildman–Crippen MR) is 194 cm³/mol. The molecule has 0 unspecified atom stereocenters. The number of carboxylic acid groups (broad SMARTS) is 1. The SMILES string of the molecule is O=C(O)CCN1C(=O)[C@H]2[C@H](CC=C3[C@H]2C[C@H]2C(=O)N(c4cccc(Cl)c4)C(=O)[C@@]2(c2ccccc2)[C@H]3c2ccc(OCc3ccccc3)cc2O)C1=O. The Hall–Kier alpha value is -5.74. The predicted octanol–water partition coefficient (Wildman–Crippen LogP) is 6.26. The molecule has 8 rings (SSSR count). The van der Waals surface area contributed by atoms with E-state index in [0.717, 1.165) is 10.5 Å². The number of likely N-dealkylation sites (tertiary alicyclic amines) is 1. The van der Waals surface area contributed by atoms with Crippen LogP contribution in [0.3, 0.4) is 0 Å². The molecule has 2 heterocycles. The third-order valence-corrected chi connectivity index (χ3v) is 11.6. The fourth-order valence-electron chi connectivity index (χ4n) is 9.18. The number of hydrogen-bond donors (Lipinski definition) is 2. The summed E-state index contributed by atoms with van der Waals surface area (Å²) in [6.07, 6.45) is 1.75. The number of phenolic OH excluding ortho intramolecular Hbond substituents is 1. The summed E-state index contributed by atoms with van der Waals surface area (Å²) in [6.45, 7) is -0.000462. The van der Waals surface area contributed by atoms with Crippen molar-refractivity contribution in [2.75, 3.05) is 11.4 Å². The Morgan fingerprint density at radius 3 is 2.28 bits per heavy atom. The van der Waals surface area contributed by atoms with Crippen molar-refractivity contribution in [2.45, 2.75) is 37.2 Å². The van der Waals surface area contributed by atoms with E-state index >= 15 is 4.79 Å². The molecule has 6 atom stereocenters. The number of halogens is 1. The lowest BCUT2D eigenvalue weighted by Gasteiger charge is -2.50. The first-order valence-corrected chi connectivity index (χ1v) is 17.9. The van der Waals surface area contributed by atoms with Gasteiger partial charge in [-0.1, -0.05) is 96.0 Å². The van der Waals surface area contributed by atoms with Gasteiger partial charge in [0.25, 0.3) is 0 Å². The Labute approximate surface area is 310 Å². The molecule has 4 amide bonds. The zero-order valence-electron chi connectivity index (χ0n) is 28.4. The first-order chi connectivity index (χ1) is 25.6. The Balaban J connectivity index is 1.30. The molecule has 0 aromatic heterocycles. The quantitative estimate of drug-likeness (QED) is 0.152. The molecular weight excluding hydrogens is 696 g/mol. The fraction of sp³-hybridized carbons (Fsp3) is 0.262. The van der Waals surface area contributed by atoms with Gasteiger partial charge >= 0.3 is 5.97 Å². The van der Waals surface area contributed by atoms with Crippen LogP contribution in [-0.2, 0) is 36.0 Å². The Morgan fingerprint density at radius 1 is 0.849 bits per heavy atom. The van der Waals surface area contributed by atoms with Gasteiger partial charge in [-0.3, -0.25) is 28.9 Å². The molecule has 0 spiro atoms. The second-order valence-electron chi connectivity index (χ2n) is 14.1. The first-order valence-electron chi connectivity index (χ1n) is 17.6. The summed E-state index contributed by atoms with van der Waals surface area (Å²) >= 11 is 6.38. The highest BCUT2D eigenvalue weighted by molar-refractivity contribution is 6.32. The summed E-state index contributed by atoms with van der Waals surface area (Å²) in [5.74, 6) is -7.00. The van der Waals surface area contributed by atoms with Crippen molar-refractivity contribution in [3.05, 3.63) is 136 Å². The average molecular weight is 731 g/mol. The number of hydrogen-bond acceptors (Lipinski definition) is 7. The minimum atomic E-state index is -1.56. The topological polar surface area (TPSA) is 142 Å². The summed E-state index contributed by atoms with van der Waals surface area (Å²) in [5, 5.41) is 21.6. The van der Waals surface area contributed by atoms with Crippen LogP contribution in [0.4, 0.5) is 5.69 Å². The largest absolute Gasteiger partial charge is 0.508 e. The number of benzene rings is 4. The lowest BCUT2D eigenvalue weighted by Crippen LogP contribution is -2.53. The molecule has 53 heavy (non-hydrogen) atoms. The molecule has 3 fully saturated rings. The Bertz CT molecular complexity index is 2190. The van der Waals surface area contributed by atoms with Crippen molar-refractivity contribution in [2.24, 2.45) is 23.7 Å². The number of nitrogens with zero attached hydrogens (tertiary/aromatic N) is 2. The van der Waals surface area contributed by atoms with Crippen LogP contribution < -0.4 is 9.64 Å². The number of amides is 4. The van der Waals surface area contributed by atoms with E-state index in [9.17, 15) is 29.4 Å². The number of aromatic hydroxyl groups is 1. The molecule has 2 aliphatic carbocycles. The van der Waals surface area contributed by atoms with Crippen LogP contribution in [0.25, 0.3) is 0 Å². The van der Waals surface area contributed by atoms with Crippen LogP contribution in [0, 0.1) is 23.7 Å². The maximum absolute atomic E-state index is 15.4. The highest BCUT2D eigenvalue weighted by Crippen LogP contribution is 2.65. The van der Waals surface area contributed by atoms with Crippen LogP contribution in [0.2, 0.25) is 5.02 Å². The van der Waals surface area contributed by atoms with Crippen molar-refractivity contribution in [3.63, 3.8) is 0 Å². The Morgan fingerprint density at radius 2 is 1.58 bits per heavy atom. The third kappa shape index (κ3) is 5.51. The fourth-order valence-corrected chi connectivity index (χ4v) is 9.36. The van der Waals surface area contributed by atoms with Crippen LogP contribution in [0.15, 0.2) is 115 Å². The molecule has 2 N–H and O–H groups in total. The second-order valence-corrected chi connectivity index (χ2v) is 14.5. The number of allylic oxidation sites excluding steroid dienone is 2. The minimum Gasteiger partial charge on any atom is -0.508 e. The van der Waals surface area contributed by atoms with Gasteiger partial charge in [0.2, 0.25) is 23.6 Å². The monoisotopic (exact) mass is 730 g/mol. The van der Waals surface area contributed by atoms with E-state index in [1.807, 2.05) is 54.6 Å². The summed E-state index contributed by atoms with van der Waals surface area (Å²) in [4.78, 5) is 71.6. The van der Waals surface area contributed by atoms with E-state index in [2.05, 4.69) is 0 Å². The van der Waals surface area contributed by atoms with Gasteiger partial charge in [-0.25, -0.2) is 4.90 Å². The average Bonchev–Trinajstić information content (AvgIpc) is 3.54. The van der Waals surface area contributed by atoms with Gasteiger partial charge in [0.1, 0.15) is 18.1 Å². The van der Waals surface area contributed by atoms with E-state index in [-0.39, 0.29) is 31.7 Å². The number of anilines is 1. The maximum atomic E-state index is 15.4. The van der Waals surface area contributed by atoms with E-state index in [4.69, 9.17) is 16.3 Å². The molecule has 268 valence electrons. The van der Waals surface area contributed by atoms with Gasteiger partial charge in [0, 0.05) is 29.1 Å². The van der Waals surface area contributed by atoms with Crippen LogP contribution >= 0.6 is 11.6 Å². The van der Waals surface area contributed by atoms with Crippen molar-refractivity contribution in [1.82, 2.24) is 4.90 Å². The zero-order valence-corrected chi connectivity index (χ0v) is 29.2. The van der Waals surface area contributed by atoms with Crippen molar-refractivity contribution in [3.8, 4) is 11.5 Å². The zero-order chi connectivity index (χ0) is 37.0. The molecule has 4 aliphatic rings. The number of carbonyl (C=O) groups excluding carboxylic acids is 4. The van der Waals surface area contributed by atoms with Gasteiger partial charge in [-0.2, -0.15) is 0 Å². The van der Waals surface area contributed by atoms with E-state index in [1.165, 1.54) is 11.0 Å². The van der Waals surface area contributed by atoms with E-state index in [0.29, 0.717) is 33.2 Å². The van der Waals surface area contributed by atoms with Gasteiger partial charge < -0.3 is 14.9 Å². The highest BCUT2D eigenvalue weighted by atomic mass is 35.5. The summed E-state index contributed by atoms with van der Waals surface area (Å²) in [6, 6.07) is 30.0. The van der Waals surface area contributed by atoms with Gasteiger partial charge in [-0.05, 0) is 54.2 Å². The summed E-state index contributed by atoms with van der Waals surface area (Å²) < 4.78 is 6.03. The third-order valence-electron chi connectivity index (χ3n) is 11.4. The lowest BCUT2D eigenvalue weighted by atomic mass is 9.49. The lowest BCUT2D eigenvalue weighted by molar-refractivity contribution is -0.142. The van der Waals surface area contributed by atoms with Crippen LogP contribution in [0.1, 0.15) is 41.9 Å². The number of rotatable bonds is 9. The molecule has 0 radical (unpaired) electrons. The molecule has 4 aromatic carbocycles. The number of carboxylic acids is 1. The van der Waals surface area contributed by atoms with Gasteiger partial charge in [-0.15, -0.1) is 0 Å². The van der Waals surface area contributed by atoms with E-state index in [1.54, 1.807) is 48.5 Å². The summed E-state index contributed by atoms with van der Waals surface area (Å²) in [5.41, 5.74) is 1.29. The standard InChI is InChI=1S/C42H35ClN2O8/c43-26-12-7-13-27(20-26)45-39(50)33-22-32-29(16-17-31-36(32)40(51)44(38(31)49)19-18-35(47)48)37(42(33,41(45)52)25-10-5-2-6-11-25)30-15-14-28(21-34(30)46)53-23-24-8-3-1-4-9-24/h1-16,20-21,31-33,36-37,46H,17-19,22-23H2,(H,47,48)/t31-,32+,33-,36-,37+,42+/m0/s1. The number of carbonyl (C=O) groups is 5. The number of phenols is 1. The van der Waals surface area contributed by atoms with Gasteiger partial charge in [0.05, 0.1) is 35.3 Å². The van der Waals surface area contributed by atoms with Crippen molar-refractivity contribution in [1.29, 1.82) is 0 Å². The second kappa shape index (κ2) is 13.3. The first kappa shape index (κ1) is 34.4. The molecule has 2 saturated heterocycles. The van der Waals surface area contributed by atoms with Crippen molar-refractivity contribution >= 4 is 46.9 Å². The molecule has 1 saturated carbocycles. The molecule has 0 bridgehead atoms. The normalized spacial score (nSPS) is 26.2. The number of ether oxygens (including phenoxy) is 1. The number of imide groups is 2. The molecule has 11 heteroatoms. The maximum Gasteiger partial charge on any atom is 0.305 e. The molecule has 4 aromatic rings. The van der Waals surface area contributed by atoms with E-state index < -0.39 is 71.0 Å². The van der Waals surface area contributed by atoms with Crippen molar-refractivity contribution < 1.29 is 38.9 Å². The van der Waals surface area contributed by atoms with Crippen LogP contribution in [0.5, 0.6) is 11.5 Å². The van der Waals surface area contributed by atoms with Crippen LogP contribution in [-0.4, -0.2) is 51.3 Å².